The number of carbonyl (C=O) groups excluding carboxylic acids is 2. The second-order valence-electron chi connectivity index (χ2n) is 20.1. The Balaban J connectivity index is 0.000000396. The molecule has 1 aliphatic rings. The molecule has 1 aliphatic heterocycles. The van der Waals surface area contributed by atoms with Gasteiger partial charge in [0.15, 0.2) is 11.6 Å². The monoisotopic (exact) mass is 2270 g/mol. The molecule has 24 heteroatoms. The molecule has 0 atom stereocenters. The average Bonchev–Trinajstić information content (AvgIpc) is 1.61. The Hall–Kier alpha value is -8.84. The molecular weight excluding hydrogens is 2200 g/mol. The first kappa shape index (κ1) is 88.2. The van der Waals surface area contributed by atoms with Crippen LogP contribution in [-0.2, 0) is 110 Å². The number of thiophene rings is 1. The van der Waals surface area contributed by atoms with Gasteiger partial charge in [-0.15, -0.1) is 108 Å². The fraction of sp³-hybridized carbons (Fsp3) is 0.0779. The smallest absolute Gasteiger partial charge is 0.354 e. The normalized spacial score (nSPS) is 10.7. The predicted molar refractivity (Wildman–Crippen MR) is 368 cm³/mol. The van der Waals surface area contributed by atoms with Crippen LogP contribution in [0.3, 0.4) is 0 Å². The molecule has 0 saturated carbocycles. The molecule has 0 fully saturated rings. The summed E-state index contributed by atoms with van der Waals surface area (Å²) >= 11 is 1.73. The van der Waals surface area contributed by atoms with Gasteiger partial charge in [-0.3, -0.25) is 36.5 Å². The maximum atomic E-state index is 13.3. The number of nitrogens with zero attached hydrogens (tertiary/aromatic N) is 8. The van der Waals surface area contributed by atoms with E-state index < -0.39 is 17.6 Å². The fourth-order valence-electron chi connectivity index (χ4n) is 8.43. The van der Waals surface area contributed by atoms with Gasteiger partial charge in [-0.1, -0.05) is 96.6 Å². The third-order valence-electron chi connectivity index (χ3n) is 12.6. The largest absolute Gasteiger partial charge is 0.512 e. The van der Waals surface area contributed by atoms with Crippen molar-refractivity contribution in [2.45, 2.75) is 40.5 Å². The number of pyridine rings is 3. The SMILES string of the molecule is CC(=O)C=C(C)O.CC(=O)C=C(C)O.Fc1c[c-]c(-n2ncc3ccccc32)cc1.Fc1c[c-]c(-n2ncc3ccccc32)cc1.Fc1c[c-]c(C2=NC=CCC2)c(F)c1.O=C(O)c1ccccn1.[Ir].[Ir].[Ir].[Ir].[Ir].[c-]1c(-c2ccccn2)sc2ccccc12.[c-]1ccccc1-c1ccccn1. The number of para-hydroxylation sites is 2. The van der Waals surface area contributed by atoms with Crippen molar-refractivity contribution in [2.75, 3.05) is 0 Å². The zero-order valence-corrected chi connectivity index (χ0v) is 66.7. The van der Waals surface area contributed by atoms with E-state index in [9.17, 15) is 31.9 Å². The van der Waals surface area contributed by atoms with Crippen molar-refractivity contribution in [2.24, 2.45) is 4.99 Å². The molecule has 0 aliphatic carbocycles. The Morgan fingerprint density at radius 1 is 0.525 bits per heavy atom. The number of halogens is 4. The zero-order valence-electron chi connectivity index (χ0n) is 53.9. The molecular formula is C77H61F4Ir5N8O6S-5. The maximum Gasteiger partial charge on any atom is 0.354 e. The molecule has 14 nitrogen and oxygen atoms in total. The molecule has 529 valence electrons. The molecule has 7 aromatic carbocycles. The topological polar surface area (TPSA) is 199 Å². The Kier molecular flexibility index (Phi) is 41.3. The van der Waals surface area contributed by atoms with Gasteiger partial charge in [0.25, 0.3) is 0 Å². The third kappa shape index (κ3) is 30.1. The van der Waals surface area contributed by atoms with Gasteiger partial charge in [0.05, 0.1) is 34.9 Å². The zero-order chi connectivity index (χ0) is 68.6. The number of hydrogen-bond donors (Lipinski definition) is 3. The Bertz CT molecular complexity index is 4530. The molecule has 0 bridgehead atoms. The molecule has 3 N–H and O–H groups in total. The number of carboxylic acid groups (broad SMARTS) is 1. The van der Waals surface area contributed by atoms with E-state index in [1.54, 1.807) is 69.8 Å². The summed E-state index contributed by atoms with van der Waals surface area (Å²) in [5.41, 5.74) is 7.45. The molecule has 0 saturated heterocycles. The minimum Gasteiger partial charge on any atom is -0.512 e. The van der Waals surface area contributed by atoms with Crippen molar-refractivity contribution in [1.82, 2.24) is 34.5 Å². The molecule has 0 spiro atoms. The van der Waals surface area contributed by atoms with Gasteiger partial charge in [0, 0.05) is 177 Å². The number of fused-ring (bicyclic) bond motifs is 3. The first-order valence-corrected chi connectivity index (χ1v) is 30.1. The number of aliphatic hydroxyl groups is 2. The molecule has 101 heavy (non-hydrogen) atoms. The second kappa shape index (κ2) is 47.3. The van der Waals surface area contributed by atoms with E-state index in [2.05, 4.69) is 78.7 Å². The van der Waals surface area contributed by atoms with Crippen molar-refractivity contribution < 1.29 is 148 Å². The van der Waals surface area contributed by atoms with Crippen LogP contribution in [0.5, 0.6) is 0 Å². The van der Waals surface area contributed by atoms with Crippen LogP contribution in [0, 0.1) is 53.6 Å². The van der Waals surface area contributed by atoms with Crippen LogP contribution in [0.4, 0.5) is 17.6 Å². The number of carbonyl (C=O) groups is 3. The van der Waals surface area contributed by atoms with Gasteiger partial charge in [0.1, 0.15) is 5.69 Å². The Morgan fingerprint density at radius 3 is 1.44 bits per heavy atom. The summed E-state index contributed by atoms with van der Waals surface area (Å²) in [6, 6.07) is 73.9. The van der Waals surface area contributed by atoms with Crippen molar-refractivity contribution in [3.8, 4) is 33.2 Å². The van der Waals surface area contributed by atoms with E-state index in [1.165, 1.54) is 86.5 Å². The van der Waals surface area contributed by atoms with Crippen LogP contribution >= 0.6 is 11.3 Å². The summed E-state index contributed by atoms with van der Waals surface area (Å²) in [5.74, 6) is -2.91. The summed E-state index contributed by atoms with van der Waals surface area (Å²) in [4.78, 5) is 47.4. The number of benzene rings is 7. The summed E-state index contributed by atoms with van der Waals surface area (Å²) in [5, 5.41) is 36.8. The minimum atomic E-state index is -0.990. The van der Waals surface area contributed by atoms with E-state index >= 15 is 0 Å². The number of hydrogen-bond acceptors (Lipinski definition) is 12. The van der Waals surface area contributed by atoms with Gasteiger partial charge >= 0.3 is 5.97 Å². The quantitative estimate of drug-likeness (QED) is 0.0566. The first-order valence-electron chi connectivity index (χ1n) is 29.3. The Morgan fingerprint density at radius 2 is 1.02 bits per heavy atom. The number of rotatable bonds is 8. The summed E-state index contributed by atoms with van der Waals surface area (Å²) in [6.07, 6.45) is 16.0. The van der Waals surface area contributed by atoms with E-state index in [4.69, 9.17) is 15.3 Å². The second-order valence-corrected chi connectivity index (χ2v) is 21.2. The summed E-state index contributed by atoms with van der Waals surface area (Å²) in [7, 11) is 0. The van der Waals surface area contributed by atoms with Crippen LogP contribution < -0.4 is 0 Å². The predicted octanol–water partition coefficient (Wildman–Crippen LogP) is 17.9. The molecule has 7 heterocycles. The van der Waals surface area contributed by atoms with E-state index in [0.29, 0.717) is 12.1 Å². The maximum absolute atomic E-state index is 13.3. The van der Waals surface area contributed by atoms with Crippen LogP contribution in [0.1, 0.15) is 56.6 Å². The summed E-state index contributed by atoms with van der Waals surface area (Å²) in [6.45, 7) is 5.70. The molecule has 0 amide bonds. The van der Waals surface area contributed by atoms with Gasteiger partial charge in [-0.25, -0.2) is 21.1 Å². The molecule has 0 unspecified atom stereocenters. The number of aliphatic hydroxyl groups excluding tert-OH is 2. The number of ketones is 2. The van der Waals surface area contributed by atoms with Crippen LogP contribution in [0.2, 0.25) is 0 Å². The van der Waals surface area contributed by atoms with Crippen molar-refractivity contribution in [3.63, 3.8) is 0 Å². The van der Waals surface area contributed by atoms with Gasteiger partial charge in [0.2, 0.25) is 0 Å². The summed E-state index contributed by atoms with van der Waals surface area (Å²) < 4.78 is 56.2. The average molecular weight is 2260 g/mol. The number of aliphatic imine (C=N–C) groups is 1. The van der Waals surface area contributed by atoms with Crippen molar-refractivity contribution in [3.05, 3.63) is 332 Å². The molecule has 13 aromatic rings. The molecule has 14 rings (SSSR count). The minimum absolute atomic E-state index is 0. The van der Waals surface area contributed by atoms with Gasteiger partial charge in [-0.05, 0) is 109 Å². The standard InChI is InChI=1S/2C13H8FN2.C13H8NS.C11H8F2N.C11H8N.C6H5NO2.2C5H8O2.5Ir/c2*14-11-5-7-12(8-6-11)16-13-4-2-1-3-10(13)9-15-16;1-2-7-12-10(5-1)9-13(15-12)11-6-3-4-8-14-11;12-8-4-5-9(10(13)7-8)11-3-1-2-6-14-11;1-2-6-10(7-3-1)11-8-4-5-9-12-11;8-6(9)5-3-1-2-4-7-5;2*1-4(6)3-5(2)7;;;;;/h2*1-7,9H;1-8H;2,4,6-7H,1,3H2;1-6,8-9H;1-4H,(H,8,9);2*3,6H,1-2H3;;;;;/q5*-1;;;;;;;;. The fourth-order valence-corrected chi connectivity index (χ4v) is 9.41. The van der Waals surface area contributed by atoms with Crippen LogP contribution in [0.15, 0.2) is 272 Å². The number of aromatic carboxylic acids is 1. The number of carboxylic acids is 1. The number of aromatic nitrogens is 7. The number of allylic oxidation sites excluding steroid dienone is 5. The van der Waals surface area contributed by atoms with Crippen LogP contribution in [0.25, 0.3) is 65.1 Å². The first-order chi connectivity index (χ1) is 46.4. The van der Waals surface area contributed by atoms with Gasteiger partial charge in [-0.2, -0.15) is 22.3 Å². The van der Waals surface area contributed by atoms with Crippen molar-refractivity contribution >= 4 is 66.5 Å². The Labute approximate surface area is 653 Å². The molecule has 5 radical (unpaired) electrons. The van der Waals surface area contributed by atoms with E-state index in [1.807, 2.05) is 128 Å². The van der Waals surface area contributed by atoms with Crippen LogP contribution in [-0.4, -0.2) is 73.1 Å². The molecule has 6 aromatic heterocycles. The third-order valence-corrected chi connectivity index (χ3v) is 13.7. The van der Waals surface area contributed by atoms with E-state index in [0.717, 1.165) is 73.6 Å². The van der Waals surface area contributed by atoms with Gasteiger partial charge < -0.3 is 30.3 Å². The van der Waals surface area contributed by atoms with Crippen molar-refractivity contribution in [1.29, 1.82) is 0 Å². The van der Waals surface area contributed by atoms with E-state index in [-0.39, 0.29) is 147 Å².